The average molecular weight is 249 g/mol. The predicted molar refractivity (Wildman–Crippen MR) is 68.8 cm³/mol. The molecular formula is C13H19N3O2. The lowest BCUT2D eigenvalue weighted by Crippen LogP contribution is -2.34. The van der Waals surface area contributed by atoms with E-state index in [1.807, 2.05) is 0 Å². The van der Waals surface area contributed by atoms with Crippen LogP contribution in [0.5, 0.6) is 0 Å². The standard InChI is InChI=1S/C13H19N3O2/c14-6-10-2-1-3-11(10)13(18)16-8-9-4-5-12(17)15-7-9/h4-5,7,10-11H,1-3,6,8,14H2,(H,15,17)(H,16,18)/t10-,11-/m1/s1. The smallest absolute Gasteiger partial charge is 0.247 e. The van der Waals surface area contributed by atoms with E-state index in [-0.39, 0.29) is 17.4 Å². The summed E-state index contributed by atoms with van der Waals surface area (Å²) in [5, 5.41) is 2.91. The van der Waals surface area contributed by atoms with Gasteiger partial charge in [-0.2, -0.15) is 0 Å². The Kier molecular flexibility index (Phi) is 4.15. The van der Waals surface area contributed by atoms with Gasteiger partial charge in [0.25, 0.3) is 0 Å². The van der Waals surface area contributed by atoms with Crippen molar-refractivity contribution >= 4 is 5.91 Å². The van der Waals surface area contributed by atoms with Gasteiger partial charge in [-0.1, -0.05) is 12.5 Å². The van der Waals surface area contributed by atoms with Gasteiger partial charge in [0.05, 0.1) is 0 Å². The maximum atomic E-state index is 12.0. The van der Waals surface area contributed by atoms with E-state index >= 15 is 0 Å². The van der Waals surface area contributed by atoms with Gasteiger partial charge in [-0.15, -0.1) is 0 Å². The number of H-pyrrole nitrogens is 1. The summed E-state index contributed by atoms with van der Waals surface area (Å²) in [5.74, 6) is 0.451. The second kappa shape index (κ2) is 5.82. The molecule has 2 atom stereocenters. The van der Waals surface area contributed by atoms with Gasteiger partial charge in [0, 0.05) is 24.7 Å². The van der Waals surface area contributed by atoms with Crippen LogP contribution in [0.3, 0.4) is 0 Å². The minimum atomic E-state index is -0.135. The van der Waals surface area contributed by atoms with E-state index in [2.05, 4.69) is 10.3 Å². The largest absolute Gasteiger partial charge is 0.352 e. The Bertz CT molecular complexity index is 449. The van der Waals surface area contributed by atoms with Crippen molar-refractivity contribution in [3.05, 3.63) is 34.2 Å². The molecule has 0 spiro atoms. The fraction of sp³-hybridized carbons (Fsp3) is 0.538. The second-order valence-corrected chi connectivity index (χ2v) is 4.81. The van der Waals surface area contributed by atoms with Crippen LogP contribution in [-0.4, -0.2) is 17.4 Å². The molecule has 0 radical (unpaired) electrons. The molecule has 0 saturated heterocycles. The Balaban J connectivity index is 1.88. The first-order valence-corrected chi connectivity index (χ1v) is 6.36. The topological polar surface area (TPSA) is 88.0 Å². The number of rotatable bonds is 4. The molecule has 0 unspecified atom stereocenters. The molecule has 1 aliphatic carbocycles. The lowest BCUT2D eigenvalue weighted by molar-refractivity contribution is -0.126. The summed E-state index contributed by atoms with van der Waals surface area (Å²) in [5.41, 5.74) is 6.42. The number of hydrogen-bond acceptors (Lipinski definition) is 3. The van der Waals surface area contributed by atoms with Gasteiger partial charge in [-0.25, -0.2) is 0 Å². The predicted octanol–water partition coefficient (Wildman–Crippen LogP) is 0.366. The Morgan fingerprint density at radius 1 is 1.44 bits per heavy atom. The van der Waals surface area contributed by atoms with E-state index in [1.54, 1.807) is 12.3 Å². The summed E-state index contributed by atoms with van der Waals surface area (Å²) in [6.45, 7) is 1.03. The maximum Gasteiger partial charge on any atom is 0.247 e. The Morgan fingerprint density at radius 2 is 2.28 bits per heavy atom. The molecule has 98 valence electrons. The van der Waals surface area contributed by atoms with Crippen LogP contribution in [0.15, 0.2) is 23.1 Å². The van der Waals surface area contributed by atoms with Crippen LogP contribution < -0.4 is 16.6 Å². The molecule has 1 amide bonds. The number of aromatic amines is 1. The minimum Gasteiger partial charge on any atom is -0.352 e. The van der Waals surface area contributed by atoms with E-state index in [0.29, 0.717) is 19.0 Å². The van der Waals surface area contributed by atoms with Crippen LogP contribution in [0.1, 0.15) is 24.8 Å². The Morgan fingerprint density at radius 3 is 2.94 bits per heavy atom. The van der Waals surface area contributed by atoms with E-state index in [1.165, 1.54) is 6.07 Å². The number of hydrogen-bond donors (Lipinski definition) is 3. The third kappa shape index (κ3) is 2.98. The van der Waals surface area contributed by atoms with Crippen molar-refractivity contribution in [1.82, 2.24) is 10.3 Å². The van der Waals surface area contributed by atoms with Crippen LogP contribution >= 0.6 is 0 Å². The number of nitrogens with one attached hydrogen (secondary N) is 2. The van der Waals surface area contributed by atoms with Crippen molar-refractivity contribution < 1.29 is 4.79 Å². The number of amides is 1. The molecule has 1 aromatic heterocycles. The molecule has 0 bridgehead atoms. The number of nitrogens with two attached hydrogens (primary N) is 1. The first kappa shape index (κ1) is 12.8. The molecule has 1 aromatic rings. The van der Waals surface area contributed by atoms with Crippen LogP contribution in [0.4, 0.5) is 0 Å². The van der Waals surface area contributed by atoms with E-state index in [4.69, 9.17) is 5.73 Å². The monoisotopic (exact) mass is 249 g/mol. The zero-order chi connectivity index (χ0) is 13.0. The average Bonchev–Trinajstić information content (AvgIpc) is 2.86. The highest BCUT2D eigenvalue weighted by atomic mass is 16.2. The molecular weight excluding hydrogens is 230 g/mol. The van der Waals surface area contributed by atoms with Crippen molar-refractivity contribution in [2.24, 2.45) is 17.6 Å². The molecule has 0 aromatic carbocycles. The van der Waals surface area contributed by atoms with E-state index in [0.717, 1.165) is 24.8 Å². The Labute approximate surface area is 106 Å². The summed E-state index contributed by atoms with van der Waals surface area (Å²) in [6, 6.07) is 3.17. The van der Waals surface area contributed by atoms with Crippen molar-refractivity contribution in [1.29, 1.82) is 0 Å². The van der Waals surface area contributed by atoms with Gasteiger partial charge in [-0.3, -0.25) is 9.59 Å². The molecule has 1 saturated carbocycles. The van der Waals surface area contributed by atoms with Gasteiger partial charge in [-0.05, 0) is 30.9 Å². The lowest BCUT2D eigenvalue weighted by atomic mass is 9.95. The fourth-order valence-corrected chi connectivity index (χ4v) is 2.54. The quantitative estimate of drug-likeness (QED) is 0.720. The van der Waals surface area contributed by atoms with Gasteiger partial charge in [0.1, 0.15) is 0 Å². The molecule has 1 aliphatic rings. The highest BCUT2D eigenvalue weighted by Gasteiger charge is 2.31. The highest BCUT2D eigenvalue weighted by molar-refractivity contribution is 5.79. The van der Waals surface area contributed by atoms with Gasteiger partial charge in [0.2, 0.25) is 11.5 Å². The minimum absolute atomic E-state index is 0.0535. The summed E-state index contributed by atoms with van der Waals surface area (Å²) in [4.78, 5) is 25.5. The third-order valence-corrected chi connectivity index (χ3v) is 3.61. The fourth-order valence-electron chi connectivity index (χ4n) is 2.54. The molecule has 1 fully saturated rings. The lowest BCUT2D eigenvalue weighted by Gasteiger charge is -2.17. The van der Waals surface area contributed by atoms with Gasteiger partial charge in [0.15, 0.2) is 0 Å². The summed E-state index contributed by atoms with van der Waals surface area (Å²) in [6.07, 6.45) is 4.68. The third-order valence-electron chi connectivity index (χ3n) is 3.61. The molecule has 4 N–H and O–H groups in total. The first-order valence-electron chi connectivity index (χ1n) is 6.36. The van der Waals surface area contributed by atoms with Crippen LogP contribution in [0.2, 0.25) is 0 Å². The van der Waals surface area contributed by atoms with Gasteiger partial charge >= 0.3 is 0 Å². The summed E-state index contributed by atoms with van der Waals surface area (Å²) >= 11 is 0. The zero-order valence-electron chi connectivity index (χ0n) is 10.3. The number of carbonyl (C=O) groups excluding carboxylic acids is 1. The van der Waals surface area contributed by atoms with Crippen LogP contribution in [0, 0.1) is 11.8 Å². The summed E-state index contributed by atoms with van der Waals surface area (Å²) < 4.78 is 0. The molecule has 2 rings (SSSR count). The van der Waals surface area contributed by atoms with Crippen molar-refractivity contribution in [3.8, 4) is 0 Å². The number of pyridine rings is 1. The van der Waals surface area contributed by atoms with E-state index in [9.17, 15) is 9.59 Å². The molecule has 5 nitrogen and oxygen atoms in total. The molecule has 0 aliphatic heterocycles. The normalized spacial score (nSPS) is 22.9. The van der Waals surface area contributed by atoms with Crippen LogP contribution in [0.25, 0.3) is 0 Å². The first-order chi connectivity index (χ1) is 8.70. The second-order valence-electron chi connectivity index (χ2n) is 4.81. The zero-order valence-corrected chi connectivity index (χ0v) is 10.3. The van der Waals surface area contributed by atoms with Crippen molar-refractivity contribution in [3.63, 3.8) is 0 Å². The van der Waals surface area contributed by atoms with Crippen molar-refractivity contribution in [2.75, 3.05) is 6.54 Å². The molecule has 18 heavy (non-hydrogen) atoms. The number of carbonyl (C=O) groups is 1. The van der Waals surface area contributed by atoms with Crippen molar-refractivity contribution in [2.45, 2.75) is 25.8 Å². The maximum absolute atomic E-state index is 12.0. The van der Waals surface area contributed by atoms with Gasteiger partial charge < -0.3 is 16.0 Å². The molecule has 1 heterocycles. The van der Waals surface area contributed by atoms with Crippen LogP contribution in [-0.2, 0) is 11.3 Å². The number of aromatic nitrogens is 1. The van der Waals surface area contributed by atoms with E-state index < -0.39 is 0 Å². The summed E-state index contributed by atoms with van der Waals surface area (Å²) in [7, 11) is 0. The highest BCUT2D eigenvalue weighted by Crippen LogP contribution is 2.30. The Hall–Kier alpha value is -1.62. The molecule has 5 heteroatoms. The SMILES string of the molecule is NC[C@H]1CCC[C@H]1C(=O)NCc1ccc(=O)[nH]c1.